The molecule has 0 fully saturated rings. The molecule has 1 aromatic carbocycles. The Morgan fingerprint density at radius 3 is 2.33 bits per heavy atom. The second-order valence-electron chi connectivity index (χ2n) is 4.34. The molecule has 0 bridgehead atoms. The second-order valence-corrected chi connectivity index (χ2v) is 4.34. The van der Waals surface area contributed by atoms with Crippen LogP contribution in [0, 0.1) is 22.7 Å². The molecule has 0 saturated heterocycles. The Labute approximate surface area is 120 Å². The van der Waals surface area contributed by atoms with E-state index < -0.39 is 11.7 Å². The molecule has 1 aromatic rings. The fraction of sp³-hybridized carbons (Fsp3) is 0.286. The molecular weight excluding hydrogens is 283 g/mol. The van der Waals surface area contributed by atoms with E-state index in [1.807, 2.05) is 0 Å². The summed E-state index contributed by atoms with van der Waals surface area (Å²) >= 11 is 0. The first-order chi connectivity index (χ1) is 9.76. The Morgan fingerprint density at radius 1 is 1.24 bits per heavy atom. The Balaban J connectivity index is 3.17. The normalized spacial score (nSPS) is 10.5. The van der Waals surface area contributed by atoms with Crippen LogP contribution in [-0.2, 0) is 6.18 Å². The molecule has 0 amide bonds. The number of allylic oxidation sites excluding steroid dienone is 1. The largest absolute Gasteiger partial charge is 0.491 e. The minimum absolute atomic E-state index is 0.0474. The summed E-state index contributed by atoms with van der Waals surface area (Å²) in [5.74, 6) is 0.0474. The molecule has 0 saturated carbocycles. The monoisotopic (exact) mass is 295 g/mol. The van der Waals surface area contributed by atoms with Crippen molar-refractivity contribution in [2.75, 3.05) is 5.32 Å². The maximum Gasteiger partial charge on any atom is 0.416 e. The lowest BCUT2D eigenvalue weighted by Gasteiger charge is -2.15. The van der Waals surface area contributed by atoms with Crippen LogP contribution in [0.1, 0.15) is 19.4 Å². The molecule has 1 N–H and O–H groups in total. The summed E-state index contributed by atoms with van der Waals surface area (Å²) in [6.07, 6.45) is -3.77. The summed E-state index contributed by atoms with van der Waals surface area (Å²) in [4.78, 5) is 0. The first kappa shape index (κ1) is 16.4. The highest BCUT2D eigenvalue weighted by Gasteiger charge is 2.31. The summed E-state index contributed by atoms with van der Waals surface area (Å²) in [6.45, 7) is 3.38. The smallest absolute Gasteiger partial charge is 0.416 e. The average Bonchev–Trinajstić information content (AvgIpc) is 2.38. The maximum absolute atomic E-state index is 12.8. The van der Waals surface area contributed by atoms with E-state index in [2.05, 4.69) is 5.32 Å². The summed E-state index contributed by atoms with van der Waals surface area (Å²) in [7, 11) is 0. The molecule has 4 nitrogen and oxygen atoms in total. The number of rotatable bonds is 4. The van der Waals surface area contributed by atoms with Gasteiger partial charge in [-0.1, -0.05) is 0 Å². The highest BCUT2D eigenvalue weighted by atomic mass is 19.4. The van der Waals surface area contributed by atoms with Crippen molar-refractivity contribution in [2.45, 2.75) is 26.1 Å². The van der Waals surface area contributed by atoms with Gasteiger partial charge in [0.1, 0.15) is 23.5 Å². The molecule has 0 heterocycles. The molecule has 0 aliphatic heterocycles. The molecule has 7 heteroatoms. The van der Waals surface area contributed by atoms with Crippen molar-refractivity contribution in [3.63, 3.8) is 0 Å². The minimum Gasteiger partial charge on any atom is -0.491 e. The molecule has 0 radical (unpaired) electrons. The van der Waals surface area contributed by atoms with E-state index in [9.17, 15) is 13.2 Å². The molecule has 0 unspecified atom stereocenters. The lowest BCUT2D eigenvalue weighted by atomic mass is 10.1. The topological polar surface area (TPSA) is 68.8 Å². The molecule has 110 valence electrons. The van der Waals surface area contributed by atoms with Gasteiger partial charge in [-0.05, 0) is 26.0 Å². The van der Waals surface area contributed by atoms with Gasteiger partial charge in [-0.15, -0.1) is 0 Å². The molecule has 0 aliphatic rings. The third-order valence-corrected chi connectivity index (χ3v) is 2.23. The number of nitrogens with zero attached hydrogens (tertiary/aromatic N) is 2. The Hall–Kier alpha value is -2.67. The van der Waals surface area contributed by atoms with Gasteiger partial charge in [0, 0.05) is 18.0 Å². The van der Waals surface area contributed by atoms with Crippen molar-refractivity contribution in [2.24, 2.45) is 0 Å². The average molecular weight is 295 g/mol. The number of ether oxygens (including phenoxy) is 1. The summed E-state index contributed by atoms with van der Waals surface area (Å²) in [5.41, 5.74) is -1.06. The zero-order valence-corrected chi connectivity index (χ0v) is 11.3. The minimum atomic E-state index is -4.52. The second kappa shape index (κ2) is 6.67. The highest BCUT2D eigenvalue weighted by molar-refractivity contribution is 5.55. The first-order valence-electron chi connectivity index (χ1n) is 5.92. The zero-order valence-electron chi connectivity index (χ0n) is 11.3. The molecule has 0 atom stereocenters. The zero-order chi connectivity index (χ0) is 16.0. The van der Waals surface area contributed by atoms with Gasteiger partial charge in [-0.3, -0.25) is 0 Å². The van der Waals surface area contributed by atoms with Gasteiger partial charge in [-0.2, -0.15) is 23.7 Å². The van der Waals surface area contributed by atoms with E-state index in [1.54, 1.807) is 26.0 Å². The first-order valence-corrected chi connectivity index (χ1v) is 5.92. The van der Waals surface area contributed by atoms with Gasteiger partial charge < -0.3 is 10.1 Å². The van der Waals surface area contributed by atoms with Crippen LogP contribution in [0.15, 0.2) is 30.0 Å². The standard InChI is InChI=1S/C14H12F3N3O/c1-9(2)21-13-4-11(14(15,16)17)3-12(5-13)20-8-10(6-18)7-19/h3-5,8-9,20H,1-2H3. The number of anilines is 1. The number of nitriles is 2. The van der Waals surface area contributed by atoms with Crippen LogP contribution in [0.3, 0.4) is 0 Å². The lowest BCUT2D eigenvalue weighted by molar-refractivity contribution is -0.137. The number of hydrogen-bond donors (Lipinski definition) is 1. The van der Waals surface area contributed by atoms with Gasteiger partial charge in [-0.25, -0.2) is 0 Å². The Bertz CT molecular complexity index is 606. The fourth-order valence-corrected chi connectivity index (χ4v) is 1.43. The maximum atomic E-state index is 12.8. The van der Waals surface area contributed by atoms with Crippen LogP contribution >= 0.6 is 0 Å². The number of benzene rings is 1. The fourth-order valence-electron chi connectivity index (χ4n) is 1.43. The predicted molar refractivity (Wildman–Crippen MR) is 70.1 cm³/mol. The summed E-state index contributed by atoms with van der Waals surface area (Å²) in [5, 5.41) is 19.6. The van der Waals surface area contributed by atoms with Crippen LogP contribution < -0.4 is 10.1 Å². The Kier molecular flexibility index (Phi) is 5.20. The molecule has 0 spiro atoms. The molecule has 1 rings (SSSR count). The number of halogens is 3. The van der Waals surface area contributed by atoms with Crippen molar-refractivity contribution in [3.8, 4) is 17.9 Å². The third kappa shape index (κ3) is 5.07. The van der Waals surface area contributed by atoms with E-state index in [1.165, 1.54) is 6.07 Å². The molecular formula is C14H12F3N3O. The van der Waals surface area contributed by atoms with Crippen LogP contribution in [0.25, 0.3) is 0 Å². The van der Waals surface area contributed by atoms with Crippen molar-refractivity contribution < 1.29 is 17.9 Å². The molecule has 0 aromatic heterocycles. The van der Waals surface area contributed by atoms with Crippen molar-refractivity contribution in [1.82, 2.24) is 0 Å². The quantitative estimate of drug-likeness (QED) is 0.857. The van der Waals surface area contributed by atoms with Gasteiger partial charge >= 0.3 is 6.18 Å². The van der Waals surface area contributed by atoms with Crippen LogP contribution in [0.4, 0.5) is 18.9 Å². The molecule has 21 heavy (non-hydrogen) atoms. The van der Waals surface area contributed by atoms with Crippen LogP contribution in [-0.4, -0.2) is 6.10 Å². The van der Waals surface area contributed by atoms with E-state index >= 15 is 0 Å². The van der Waals surface area contributed by atoms with E-state index in [-0.39, 0.29) is 23.1 Å². The number of hydrogen-bond acceptors (Lipinski definition) is 4. The number of alkyl halides is 3. The Morgan fingerprint density at radius 2 is 1.86 bits per heavy atom. The van der Waals surface area contributed by atoms with E-state index in [4.69, 9.17) is 15.3 Å². The van der Waals surface area contributed by atoms with Gasteiger partial charge in [0.05, 0.1) is 11.7 Å². The van der Waals surface area contributed by atoms with Gasteiger partial charge in [0.15, 0.2) is 0 Å². The van der Waals surface area contributed by atoms with E-state index in [0.717, 1.165) is 18.3 Å². The van der Waals surface area contributed by atoms with Crippen LogP contribution in [0.5, 0.6) is 5.75 Å². The SMILES string of the molecule is CC(C)Oc1cc(NC=C(C#N)C#N)cc(C(F)(F)F)c1. The van der Waals surface area contributed by atoms with Crippen LogP contribution in [0.2, 0.25) is 0 Å². The molecule has 0 aliphatic carbocycles. The predicted octanol–water partition coefficient (Wildman–Crippen LogP) is 3.84. The highest BCUT2D eigenvalue weighted by Crippen LogP contribution is 2.34. The van der Waals surface area contributed by atoms with Gasteiger partial charge in [0.25, 0.3) is 0 Å². The summed E-state index contributed by atoms with van der Waals surface area (Å²) in [6, 6.07) is 6.32. The van der Waals surface area contributed by atoms with E-state index in [0.29, 0.717) is 0 Å². The van der Waals surface area contributed by atoms with Gasteiger partial charge in [0.2, 0.25) is 0 Å². The van der Waals surface area contributed by atoms with Crippen molar-refractivity contribution in [1.29, 1.82) is 10.5 Å². The third-order valence-electron chi connectivity index (χ3n) is 2.23. The van der Waals surface area contributed by atoms with Crippen molar-refractivity contribution in [3.05, 3.63) is 35.5 Å². The number of nitrogens with one attached hydrogen (secondary N) is 1. The lowest BCUT2D eigenvalue weighted by Crippen LogP contribution is -2.09. The summed E-state index contributed by atoms with van der Waals surface area (Å²) < 4.78 is 43.7. The van der Waals surface area contributed by atoms with Crippen molar-refractivity contribution >= 4 is 5.69 Å².